The number of carbonyl (C=O) groups is 2. The molecule has 4 aromatic rings. The maximum absolute atomic E-state index is 14.5. The molecule has 0 aliphatic heterocycles. The number of fused-ring (bicyclic) bond motifs is 1. The molecule has 0 aliphatic rings. The molecule has 4 rings (SSSR count). The zero-order chi connectivity index (χ0) is 25.1. The molecular formula is C24H22FN5O5. The number of amides is 1. The third-order valence-corrected chi connectivity index (χ3v) is 5.12. The van der Waals surface area contributed by atoms with Gasteiger partial charge in [0, 0.05) is 0 Å². The maximum Gasteiger partial charge on any atom is 0.335 e. The van der Waals surface area contributed by atoms with Gasteiger partial charge < -0.3 is 15.2 Å². The molecule has 0 fully saturated rings. The average molecular weight is 479 g/mol. The first-order valence-electron chi connectivity index (χ1n) is 10.8. The fourth-order valence-electron chi connectivity index (χ4n) is 3.66. The third-order valence-electron chi connectivity index (χ3n) is 5.12. The number of rotatable bonds is 8. The highest BCUT2D eigenvalue weighted by molar-refractivity contribution is 6.02. The van der Waals surface area contributed by atoms with Crippen molar-refractivity contribution >= 4 is 23.0 Å². The van der Waals surface area contributed by atoms with Crippen molar-refractivity contribution in [3.8, 4) is 22.8 Å². The molecular weight excluding hydrogens is 457 g/mol. The molecule has 0 atom stereocenters. The number of benzene rings is 2. The van der Waals surface area contributed by atoms with Crippen molar-refractivity contribution in [1.82, 2.24) is 19.1 Å². The third kappa shape index (κ3) is 4.47. The Kier molecular flexibility index (Phi) is 6.58. The number of aromatic nitrogens is 4. The molecule has 2 N–H and O–H groups in total. The van der Waals surface area contributed by atoms with E-state index in [0.29, 0.717) is 18.0 Å². The van der Waals surface area contributed by atoms with Gasteiger partial charge in [-0.3, -0.25) is 14.2 Å². The van der Waals surface area contributed by atoms with Crippen LogP contribution in [0.15, 0.2) is 53.3 Å². The lowest BCUT2D eigenvalue weighted by molar-refractivity contribution is -0.143. The van der Waals surface area contributed by atoms with Crippen LogP contribution >= 0.6 is 0 Å². The van der Waals surface area contributed by atoms with E-state index in [-0.39, 0.29) is 34.9 Å². The Balaban J connectivity index is 2.05. The fourth-order valence-corrected chi connectivity index (χ4v) is 3.66. The molecule has 10 nitrogen and oxygen atoms in total. The van der Waals surface area contributed by atoms with E-state index in [1.54, 1.807) is 37.3 Å². The van der Waals surface area contributed by atoms with Crippen molar-refractivity contribution in [3.05, 3.63) is 70.5 Å². The second kappa shape index (κ2) is 9.75. The fraction of sp³-hybridized carbons (Fsp3) is 0.208. The molecule has 0 radical (unpaired) electrons. The highest BCUT2D eigenvalue weighted by atomic mass is 19.1. The molecule has 1 amide bonds. The van der Waals surface area contributed by atoms with E-state index in [0.717, 1.165) is 4.57 Å². The summed E-state index contributed by atoms with van der Waals surface area (Å²) in [4.78, 5) is 46.8. The molecule has 0 saturated heterocycles. The van der Waals surface area contributed by atoms with Crippen molar-refractivity contribution in [2.45, 2.75) is 20.4 Å². The van der Waals surface area contributed by atoms with Gasteiger partial charge in [-0.05, 0) is 50.2 Å². The molecule has 2 heterocycles. The van der Waals surface area contributed by atoms with Crippen molar-refractivity contribution in [2.24, 2.45) is 5.73 Å². The smallest absolute Gasteiger partial charge is 0.335 e. The molecule has 180 valence electrons. The predicted molar refractivity (Wildman–Crippen MR) is 125 cm³/mol. The lowest BCUT2D eigenvalue weighted by atomic mass is 10.2. The molecule has 0 spiro atoms. The number of imidazole rings is 1. The Morgan fingerprint density at radius 3 is 2.37 bits per heavy atom. The van der Waals surface area contributed by atoms with E-state index in [9.17, 15) is 18.8 Å². The van der Waals surface area contributed by atoms with Crippen LogP contribution in [0.5, 0.6) is 5.75 Å². The predicted octanol–water partition coefficient (Wildman–Crippen LogP) is 2.45. The molecule has 2 aromatic carbocycles. The highest BCUT2D eigenvalue weighted by Crippen LogP contribution is 2.26. The quantitative estimate of drug-likeness (QED) is 0.384. The number of esters is 1. The minimum Gasteiger partial charge on any atom is -0.494 e. The molecule has 35 heavy (non-hydrogen) atoms. The van der Waals surface area contributed by atoms with Gasteiger partial charge in [0.05, 0.1) is 24.5 Å². The van der Waals surface area contributed by atoms with Crippen LogP contribution in [-0.2, 0) is 16.1 Å². The van der Waals surface area contributed by atoms with Crippen LogP contribution in [0, 0.1) is 5.82 Å². The van der Waals surface area contributed by atoms with Crippen molar-refractivity contribution in [3.63, 3.8) is 0 Å². The summed E-state index contributed by atoms with van der Waals surface area (Å²) in [5.74, 6) is -1.86. The average Bonchev–Trinajstić information content (AvgIpc) is 3.10. The van der Waals surface area contributed by atoms with Gasteiger partial charge in [-0.15, -0.1) is 0 Å². The van der Waals surface area contributed by atoms with Gasteiger partial charge >= 0.3 is 11.7 Å². The number of carbonyl (C=O) groups excluding carboxylic acids is 2. The number of halogens is 1. The molecule has 0 aliphatic carbocycles. The Morgan fingerprint density at radius 2 is 1.74 bits per heavy atom. The highest BCUT2D eigenvalue weighted by Gasteiger charge is 2.26. The van der Waals surface area contributed by atoms with Crippen molar-refractivity contribution < 1.29 is 23.5 Å². The largest absolute Gasteiger partial charge is 0.494 e. The lowest BCUT2D eigenvalue weighted by Crippen LogP contribution is -2.28. The molecule has 2 aromatic heterocycles. The number of primary amides is 1. The monoisotopic (exact) mass is 479 g/mol. The molecule has 0 bridgehead atoms. The zero-order valence-electron chi connectivity index (χ0n) is 19.0. The van der Waals surface area contributed by atoms with Crippen LogP contribution in [0.2, 0.25) is 0 Å². The number of hydrogen-bond acceptors (Lipinski definition) is 7. The van der Waals surface area contributed by atoms with E-state index in [4.69, 9.17) is 15.2 Å². The first-order chi connectivity index (χ1) is 16.8. The number of ether oxygens (including phenoxy) is 2. The first kappa shape index (κ1) is 23.6. The zero-order valence-corrected chi connectivity index (χ0v) is 19.0. The van der Waals surface area contributed by atoms with E-state index < -0.39 is 29.9 Å². The Morgan fingerprint density at radius 1 is 1.03 bits per heavy atom. The molecule has 0 unspecified atom stereocenters. The number of nitrogens with zero attached hydrogens (tertiary/aromatic N) is 4. The van der Waals surface area contributed by atoms with Crippen molar-refractivity contribution in [1.29, 1.82) is 0 Å². The number of nitrogens with two attached hydrogens (primary N) is 1. The first-order valence-corrected chi connectivity index (χ1v) is 10.8. The van der Waals surface area contributed by atoms with E-state index in [1.165, 1.54) is 22.8 Å². The van der Waals surface area contributed by atoms with Gasteiger partial charge in [-0.2, -0.15) is 0 Å². The molecule has 0 saturated carbocycles. The van der Waals surface area contributed by atoms with Gasteiger partial charge in [-0.1, -0.05) is 12.1 Å². The van der Waals surface area contributed by atoms with Gasteiger partial charge in [0.2, 0.25) is 0 Å². The van der Waals surface area contributed by atoms with Crippen LogP contribution in [0.1, 0.15) is 24.3 Å². The summed E-state index contributed by atoms with van der Waals surface area (Å²) < 4.78 is 27.2. The van der Waals surface area contributed by atoms with E-state index in [2.05, 4.69) is 9.97 Å². The van der Waals surface area contributed by atoms with Crippen LogP contribution in [-0.4, -0.2) is 44.2 Å². The van der Waals surface area contributed by atoms with Crippen LogP contribution in [0.3, 0.4) is 0 Å². The van der Waals surface area contributed by atoms with Crippen LogP contribution in [0.25, 0.3) is 28.2 Å². The summed E-state index contributed by atoms with van der Waals surface area (Å²) in [6.45, 7) is 3.52. The minimum atomic E-state index is -0.976. The Bertz CT molecular complexity index is 1480. The van der Waals surface area contributed by atoms with Gasteiger partial charge in [0.15, 0.2) is 17.2 Å². The normalized spacial score (nSPS) is 10.9. The van der Waals surface area contributed by atoms with Gasteiger partial charge in [0.1, 0.15) is 23.6 Å². The summed E-state index contributed by atoms with van der Waals surface area (Å²) in [5, 5.41) is 0. The minimum absolute atomic E-state index is 0.0146. The standard InChI is InChI=1S/C24H22FN5O5/c1-3-34-15-11-9-14(10-12-15)30-23-20(29(24(30)33)13-18(31)35-4-2)19(21(26)32)27-22(28-23)16-7-5-6-8-17(16)25/h5-12H,3-4,13H2,1-2H3,(H2,26,32). The van der Waals surface area contributed by atoms with Crippen molar-refractivity contribution in [2.75, 3.05) is 13.2 Å². The van der Waals surface area contributed by atoms with E-state index in [1.807, 2.05) is 6.92 Å². The summed E-state index contributed by atoms with van der Waals surface area (Å²) in [6, 6.07) is 12.3. The summed E-state index contributed by atoms with van der Waals surface area (Å²) in [7, 11) is 0. The van der Waals surface area contributed by atoms with E-state index >= 15 is 0 Å². The second-order valence-corrected chi connectivity index (χ2v) is 7.35. The van der Waals surface area contributed by atoms with Crippen LogP contribution in [0.4, 0.5) is 4.39 Å². The summed E-state index contributed by atoms with van der Waals surface area (Å²) in [6.07, 6.45) is 0. The topological polar surface area (TPSA) is 131 Å². The van der Waals surface area contributed by atoms with Gasteiger partial charge in [-0.25, -0.2) is 23.7 Å². The Labute approximate surface area is 198 Å². The van der Waals surface area contributed by atoms with Gasteiger partial charge in [0.25, 0.3) is 5.91 Å². The molecule has 11 heteroatoms. The number of hydrogen-bond donors (Lipinski definition) is 1. The maximum atomic E-state index is 14.5. The van der Waals surface area contributed by atoms with Crippen LogP contribution < -0.4 is 16.2 Å². The Hall–Kier alpha value is -4.54. The summed E-state index contributed by atoms with van der Waals surface area (Å²) in [5.41, 5.74) is 4.88. The second-order valence-electron chi connectivity index (χ2n) is 7.35. The lowest BCUT2D eigenvalue weighted by Gasteiger charge is -2.08. The SMILES string of the molecule is CCOC(=O)Cn1c(=O)n(-c2ccc(OCC)cc2)c2nc(-c3ccccc3F)nc(C(N)=O)c21. The summed E-state index contributed by atoms with van der Waals surface area (Å²) >= 11 is 0.